The summed E-state index contributed by atoms with van der Waals surface area (Å²) in [5, 5.41) is 9.49. The quantitative estimate of drug-likeness (QED) is 0.666. The Morgan fingerprint density at radius 1 is 1.12 bits per heavy atom. The molecule has 0 aliphatic carbocycles. The van der Waals surface area contributed by atoms with E-state index in [9.17, 15) is 5.26 Å². The van der Waals surface area contributed by atoms with Crippen LogP contribution >= 0.6 is 27.3 Å². The van der Waals surface area contributed by atoms with Gasteiger partial charge in [-0.1, -0.05) is 0 Å². The van der Waals surface area contributed by atoms with Crippen molar-refractivity contribution in [1.29, 1.82) is 5.26 Å². The lowest BCUT2D eigenvalue weighted by atomic mass is 10.0. The minimum Gasteiger partial charge on any atom is -0.497 e. The van der Waals surface area contributed by atoms with Crippen molar-refractivity contribution < 1.29 is 9.47 Å². The van der Waals surface area contributed by atoms with Crippen LogP contribution in [0.5, 0.6) is 11.5 Å². The molecule has 0 unspecified atom stereocenters. The Labute approximate surface area is 157 Å². The number of hydrogen-bond donors (Lipinski definition) is 1. The molecule has 0 spiro atoms. The maximum absolute atomic E-state index is 9.49. The summed E-state index contributed by atoms with van der Waals surface area (Å²) in [6.45, 7) is 0. The SMILES string of the molecule is COc1ccc(OC)c(-c2cc(-c3ccc(Br)s3)c(C#N)c(N)n2)c1. The number of anilines is 1. The van der Waals surface area contributed by atoms with Crippen molar-refractivity contribution in [1.82, 2.24) is 4.98 Å². The van der Waals surface area contributed by atoms with Crippen LogP contribution in [0.3, 0.4) is 0 Å². The van der Waals surface area contributed by atoms with Crippen molar-refractivity contribution in [3.8, 4) is 39.3 Å². The minimum absolute atomic E-state index is 0.185. The van der Waals surface area contributed by atoms with Gasteiger partial charge in [-0.3, -0.25) is 0 Å². The molecule has 25 heavy (non-hydrogen) atoms. The fourth-order valence-corrected chi connectivity index (χ4v) is 3.90. The molecule has 0 atom stereocenters. The van der Waals surface area contributed by atoms with Gasteiger partial charge in [-0.05, 0) is 52.3 Å². The van der Waals surface area contributed by atoms with E-state index in [1.807, 2.05) is 36.4 Å². The monoisotopic (exact) mass is 415 g/mol. The third kappa shape index (κ3) is 3.31. The van der Waals surface area contributed by atoms with Crippen LogP contribution in [-0.2, 0) is 0 Å². The lowest BCUT2D eigenvalue weighted by molar-refractivity contribution is 0.404. The Morgan fingerprint density at radius 2 is 1.92 bits per heavy atom. The molecule has 0 radical (unpaired) electrons. The summed E-state index contributed by atoms with van der Waals surface area (Å²) >= 11 is 4.98. The van der Waals surface area contributed by atoms with Gasteiger partial charge in [0.15, 0.2) is 0 Å². The predicted octanol–water partition coefficient (Wildman–Crippen LogP) is 4.71. The smallest absolute Gasteiger partial charge is 0.142 e. The molecule has 126 valence electrons. The molecule has 3 aromatic rings. The predicted molar refractivity (Wildman–Crippen MR) is 103 cm³/mol. The van der Waals surface area contributed by atoms with Gasteiger partial charge in [0.2, 0.25) is 0 Å². The average molecular weight is 416 g/mol. The number of nitriles is 1. The second kappa shape index (κ2) is 7.13. The van der Waals surface area contributed by atoms with Crippen LogP contribution in [0, 0.1) is 11.3 Å². The fourth-order valence-electron chi connectivity index (χ4n) is 2.49. The summed E-state index contributed by atoms with van der Waals surface area (Å²) < 4.78 is 11.7. The van der Waals surface area contributed by atoms with Crippen molar-refractivity contribution in [2.75, 3.05) is 20.0 Å². The largest absolute Gasteiger partial charge is 0.497 e. The van der Waals surface area contributed by atoms with Gasteiger partial charge in [0.05, 0.1) is 23.7 Å². The molecule has 0 bridgehead atoms. The van der Waals surface area contributed by atoms with Crippen molar-refractivity contribution in [2.24, 2.45) is 0 Å². The highest BCUT2D eigenvalue weighted by Crippen LogP contribution is 2.39. The number of hydrogen-bond acceptors (Lipinski definition) is 6. The molecule has 2 aromatic heterocycles. The lowest BCUT2D eigenvalue weighted by Crippen LogP contribution is -2.00. The first-order valence-electron chi connectivity index (χ1n) is 7.26. The minimum atomic E-state index is 0.185. The van der Waals surface area contributed by atoms with Crippen LogP contribution in [0.25, 0.3) is 21.7 Å². The zero-order chi connectivity index (χ0) is 18.0. The van der Waals surface area contributed by atoms with Gasteiger partial charge in [-0.15, -0.1) is 11.3 Å². The molecule has 0 amide bonds. The maximum Gasteiger partial charge on any atom is 0.142 e. The van der Waals surface area contributed by atoms with E-state index in [2.05, 4.69) is 27.0 Å². The molecular weight excluding hydrogens is 402 g/mol. The van der Waals surface area contributed by atoms with Crippen LogP contribution in [0.15, 0.2) is 40.2 Å². The first-order chi connectivity index (χ1) is 12.1. The number of methoxy groups -OCH3 is 2. The van der Waals surface area contributed by atoms with Crippen molar-refractivity contribution >= 4 is 33.1 Å². The number of pyridine rings is 1. The van der Waals surface area contributed by atoms with E-state index in [0.29, 0.717) is 22.8 Å². The summed E-state index contributed by atoms with van der Waals surface area (Å²) in [5.41, 5.74) is 8.53. The Bertz CT molecular complexity index is 979. The molecule has 0 saturated heterocycles. The van der Waals surface area contributed by atoms with Gasteiger partial charge in [0.25, 0.3) is 0 Å². The molecule has 5 nitrogen and oxygen atoms in total. The van der Waals surface area contributed by atoms with Crippen LogP contribution < -0.4 is 15.2 Å². The van der Waals surface area contributed by atoms with Gasteiger partial charge in [0.1, 0.15) is 28.9 Å². The number of ether oxygens (including phenoxy) is 2. The maximum atomic E-state index is 9.49. The van der Waals surface area contributed by atoms with Crippen molar-refractivity contribution in [2.45, 2.75) is 0 Å². The molecule has 0 fully saturated rings. The summed E-state index contributed by atoms with van der Waals surface area (Å²) in [7, 11) is 3.19. The highest BCUT2D eigenvalue weighted by atomic mass is 79.9. The van der Waals surface area contributed by atoms with Gasteiger partial charge in [-0.2, -0.15) is 5.26 Å². The first-order valence-corrected chi connectivity index (χ1v) is 8.87. The standard InChI is InChI=1S/C18H14BrN3O2S/c1-23-10-3-4-15(24-2)12(7-10)14-8-11(13(9-20)18(21)22-14)16-5-6-17(19)25-16/h3-8H,1-2H3,(H2,21,22). The van der Waals surface area contributed by atoms with E-state index in [4.69, 9.17) is 15.2 Å². The summed E-state index contributed by atoms with van der Waals surface area (Å²) in [4.78, 5) is 5.33. The number of halogens is 1. The molecule has 2 N–H and O–H groups in total. The van der Waals surface area contributed by atoms with Crippen LogP contribution in [0.2, 0.25) is 0 Å². The van der Waals surface area contributed by atoms with Crippen LogP contribution in [0.4, 0.5) is 5.82 Å². The Hall–Kier alpha value is -2.56. The number of rotatable bonds is 4. The molecule has 3 rings (SSSR count). The van der Waals surface area contributed by atoms with Gasteiger partial charge < -0.3 is 15.2 Å². The number of nitrogens with zero attached hydrogens (tertiary/aromatic N) is 2. The third-order valence-electron chi connectivity index (χ3n) is 3.68. The third-order valence-corrected chi connectivity index (χ3v) is 5.34. The summed E-state index contributed by atoms with van der Waals surface area (Å²) in [6, 6.07) is 13.3. The number of aromatic nitrogens is 1. The molecule has 2 heterocycles. The van der Waals surface area contributed by atoms with E-state index >= 15 is 0 Å². The van der Waals surface area contributed by atoms with Gasteiger partial charge in [0, 0.05) is 16.0 Å². The molecule has 1 aromatic carbocycles. The highest BCUT2D eigenvalue weighted by Gasteiger charge is 2.17. The molecule has 0 aliphatic heterocycles. The fraction of sp³-hybridized carbons (Fsp3) is 0.111. The zero-order valence-electron chi connectivity index (χ0n) is 13.5. The second-order valence-corrected chi connectivity index (χ2v) is 7.56. The zero-order valence-corrected chi connectivity index (χ0v) is 15.9. The number of nitrogen functional groups attached to an aromatic ring is 1. The molecule has 0 saturated carbocycles. The van der Waals surface area contributed by atoms with E-state index in [1.165, 1.54) is 11.3 Å². The summed E-state index contributed by atoms with van der Waals surface area (Å²) in [6.07, 6.45) is 0. The molecule has 7 heteroatoms. The van der Waals surface area contributed by atoms with E-state index in [1.54, 1.807) is 14.2 Å². The second-order valence-electron chi connectivity index (χ2n) is 5.10. The number of thiophene rings is 1. The van der Waals surface area contributed by atoms with Crippen molar-refractivity contribution in [3.05, 3.63) is 45.7 Å². The van der Waals surface area contributed by atoms with E-state index in [0.717, 1.165) is 19.8 Å². The highest BCUT2D eigenvalue weighted by molar-refractivity contribution is 9.11. The number of benzene rings is 1. The van der Waals surface area contributed by atoms with Gasteiger partial charge >= 0.3 is 0 Å². The lowest BCUT2D eigenvalue weighted by Gasteiger charge is -2.13. The molecular formula is C18H14BrN3O2S. The first kappa shape index (κ1) is 17.3. The van der Waals surface area contributed by atoms with E-state index < -0.39 is 0 Å². The Kier molecular flexibility index (Phi) is 4.93. The van der Waals surface area contributed by atoms with E-state index in [-0.39, 0.29) is 5.82 Å². The van der Waals surface area contributed by atoms with Crippen molar-refractivity contribution in [3.63, 3.8) is 0 Å². The normalized spacial score (nSPS) is 10.3. The summed E-state index contributed by atoms with van der Waals surface area (Å²) in [5.74, 6) is 1.51. The topological polar surface area (TPSA) is 81.2 Å². The Morgan fingerprint density at radius 3 is 2.52 bits per heavy atom. The number of nitrogens with two attached hydrogens (primary N) is 1. The molecule has 0 aliphatic rings. The average Bonchev–Trinajstić information content (AvgIpc) is 3.06. The van der Waals surface area contributed by atoms with Crippen LogP contribution in [-0.4, -0.2) is 19.2 Å². The Balaban J connectivity index is 2.26. The van der Waals surface area contributed by atoms with Gasteiger partial charge in [-0.25, -0.2) is 4.98 Å². The van der Waals surface area contributed by atoms with Crippen LogP contribution in [0.1, 0.15) is 5.56 Å².